The molecule has 2 aromatic carbocycles. The van der Waals surface area contributed by atoms with Gasteiger partial charge in [-0.05, 0) is 38.1 Å². The Morgan fingerprint density at radius 2 is 1.47 bits per heavy atom. The molecule has 168 valence electrons. The third kappa shape index (κ3) is 4.83. The number of carbonyl (C=O) groups is 2. The lowest BCUT2D eigenvalue weighted by Gasteiger charge is -2.15. The number of fused-ring (bicyclic) bond motifs is 1. The van der Waals surface area contributed by atoms with Gasteiger partial charge in [-0.15, -0.1) is 0 Å². The van der Waals surface area contributed by atoms with Crippen LogP contribution in [0.2, 0.25) is 0 Å². The van der Waals surface area contributed by atoms with Crippen molar-refractivity contribution in [2.24, 2.45) is 0 Å². The van der Waals surface area contributed by atoms with Crippen LogP contribution in [0.1, 0.15) is 13.8 Å². The first-order valence-corrected chi connectivity index (χ1v) is 10.0. The number of phenolic OH excluding ortho intramolecular Hbond substituents is 1. The highest BCUT2D eigenvalue weighted by atomic mass is 16.6. The molecular weight excluding hydrogens is 416 g/mol. The van der Waals surface area contributed by atoms with Gasteiger partial charge in [-0.3, -0.25) is 4.79 Å². The van der Waals surface area contributed by atoms with Crippen LogP contribution in [0, 0.1) is 0 Å². The molecule has 3 aromatic rings. The number of aromatic hydroxyl groups is 1. The summed E-state index contributed by atoms with van der Waals surface area (Å²) in [6, 6.07) is 10.3. The van der Waals surface area contributed by atoms with Crippen molar-refractivity contribution in [3.63, 3.8) is 0 Å². The molecule has 1 N–H and O–H groups in total. The minimum atomic E-state index is -0.608. The number of amides is 2. The Kier molecular flexibility index (Phi) is 6.67. The molecule has 1 aromatic heterocycles. The fraction of sp³-hybridized carbons (Fsp3) is 0.261. The molecule has 0 unspecified atom stereocenters. The van der Waals surface area contributed by atoms with Crippen molar-refractivity contribution in [3.8, 4) is 28.6 Å². The molecule has 0 spiro atoms. The van der Waals surface area contributed by atoms with Gasteiger partial charge in [0.15, 0.2) is 5.43 Å². The number of nitrogens with zero attached hydrogens (tertiary/aromatic N) is 2. The first-order valence-electron chi connectivity index (χ1n) is 10.0. The number of ether oxygens (including phenoxy) is 2. The van der Waals surface area contributed by atoms with Crippen LogP contribution in [0.25, 0.3) is 22.3 Å². The quantitative estimate of drug-likeness (QED) is 0.637. The summed E-state index contributed by atoms with van der Waals surface area (Å²) in [4.78, 5) is 39.2. The zero-order valence-corrected chi connectivity index (χ0v) is 18.2. The number of hydrogen-bond acceptors (Lipinski definition) is 7. The smallest absolute Gasteiger partial charge is 0.414 e. The summed E-state index contributed by atoms with van der Waals surface area (Å²) >= 11 is 0. The van der Waals surface area contributed by atoms with Crippen molar-refractivity contribution in [3.05, 3.63) is 52.7 Å². The van der Waals surface area contributed by atoms with E-state index in [1.165, 1.54) is 28.0 Å². The summed E-state index contributed by atoms with van der Waals surface area (Å²) in [6.07, 6.45) is -1.09. The molecule has 2 amide bonds. The van der Waals surface area contributed by atoms with Crippen LogP contribution >= 0.6 is 0 Å². The van der Waals surface area contributed by atoms with E-state index in [2.05, 4.69) is 0 Å². The Morgan fingerprint density at radius 1 is 0.906 bits per heavy atom. The third-order valence-corrected chi connectivity index (χ3v) is 4.90. The van der Waals surface area contributed by atoms with Crippen molar-refractivity contribution in [2.75, 3.05) is 27.2 Å². The molecule has 0 fully saturated rings. The SMILES string of the molecule is CCN(C)C(=O)Oc1ccc(-c2cc(=O)c3c(O)cc(OC(=O)N(C)CC)cc3o2)cc1. The molecule has 0 atom stereocenters. The average Bonchev–Trinajstić information content (AvgIpc) is 2.77. The molecule has 32 heavy (non-hydrogen) atoms. The molecule has 0 aliphatic rings. The van der Waals surface area contributed by atoms with Gasteiger partial charge in [-0.25, -0.2) is 9.59 Å². The normalized spacial score (nSPS) is 10.6. The lowest BCUT2D eigenvalue weighted by molar-refractivity contribution is 0.164. The van der Waals surface area contributed by atoms with Gasteiger partial charge >= 0.3 is 12.2 Å². The van der Waals surface area contributed by atoms with Crippen molar-refractivity contribution < 1.29 is 28.6 Å². The van der Waals surface area contributed by atoms with Gasteiger partial charge in [0.05, 0.1) is 0 Å². The number of phenols is 1. The Balaban J connectivity index is 1.93. The third-order valence-electron chi connectivity index (χ3n) is 4.90. The van der Waals surface area contributed by atoms with Gasteiger partial charge in [0.2, 0.25) is 0 Å². The first-order chi connectivity index (χ1) is 15.2. The molecular formula is C23H24N2O7. The van der Waals surface area contributed by atoms with E-state index in [9.17, 15) is 19.5 Å². The van der Waals surface area contributed by atoms with Crippen LogP contribution in [0.3, 0.4) is 0 Å². The molecule has 1 heterocycles. The van der Waals surface area contributed by atoms with Crippen LogP contribution < -0.4 is 14.9 Å². The van der Waals surface area contributed by atoms with Gasteiger partial charge < -0.3 is 28.8 Å². The molecule has 0 aliphatic heterocycles. The molecule has 0 radical (unpaired) electrons. The van der Waals surface area contributed by atoms with E-state index in [0.717, 1.165) is 0 Å². The van der Waals surface area contributed by atoms with Gasteiger partial charge in [-0.2, -0.15) is 0 Å². The molecule has 0 saturated heterocycles. The van der Waals surface area contributed by atoms with E-state index in [0.29, 0.717) is 24.4 Å². The van der Waals surface area contributed by atoms with E-state index in [-0.39, 0.29) is 28.2 Å². The van der Waals surface area contributed by atoms with Crippen molar-refractivity contribution in [2.45, 2.75) is 13.8 Å². The Bertz CT molecular complexity index is 1200. The van der Waals surface area contributed by atoms with E-state index in [1.807, 2.05) is 6.92 Å². The van der Waals surface area contributed by atoms with Gasteiger partial charge in [0.1, 0.15) is 34.0 Å². The average molecular weight is 440 g/mol. The molecule has 0 bridgehead atoms. The number of carbonyl (C=O) groups excluding carboxylic acids is 2. The van der Waals surface area contributed by atoms with Crippen LogP contribution in [0.4, 0.5) is 9.59 Å². The maximum Gasteiger partial charge on any atom is 0.414 e. The summed E-state index contributed by atoms with van der Waals surface area (Å²) in [5.41, 5.74) is 0.164. The van der Waals surface area contributed by atoms with Gasteiger partial charge in [0, 0.05) is 50.9 Å². The minimum absolute atomic E-state index is 0.0226. The van der Waals surface area contributed by atoms with E-state index >= 15 is 0 Å². The topological polar surface area (TPSA) is 110 Å². The number of hydrogen-bond donors (Lipinski definition) is 1. The summed E-state index contributed by atoms with van der Waals surface area (Å²) in [6.45, 7) is 4.58. The van der Waals surface area contributed by atoms with Crippen molar-refractivity contribution in [1.29, 1.82) is 0 Å². The lowest BCUT2D eigenvalue weighted by Crippen LogP contribution is -2.29. The highest BCUT2D eigenvalue weighted by Gasteiger charge is 2.16. The predicted octanol–water partition coefficient (Wildman–Crippen LogP) is 4.07. The second-order valence-corrected chi connectivity index (χ2v) is 7.08. The lowest BCUT2D eigenvalue weighted by atomic mass is 10.1. The fourth-order valence-corrected chi connectivity index (χ4v) is 2.75. The maximum absolute atomic E-state index is 12.6. The first kappa shape index (κ1) is 22.7. The van der Waals surface area contributed by atoms with Crippen molar-refractivity contribution in [1.82, 2.24) is 9.80 Å². The second kappa shape index (κ2) is 9.42. The standard InChI is InChI=1S/C23H24N2O7/c1-5-24(3)22(28)30-15-9-7-14(8-10-15)19-13-18(27)21-17(26)11-16(12-20(21)32-19)31-23(29)25(4)6-2/h7-13,26H,5-6H2,1-4H3. The molecule has 9 heteroatoms. The maximum atomic E-state index is 12.6. The number of benzene rings is 2. The van der Waals surface area contributed by atoms with Crippen LogP contribution in [-0.2, 0) is 0 Å². The zero-order valence-electron chi connectivity index (χ0n) is 18.2. The molecule has 0 aliphatic carbocycles. The Morgan fingerprint density at radius 3 is 2.03 bits per heavy atom. The fourth-order valence-electron chi connectivity index (χ4n) is 2.75. The Hall–Kier alpha value is -4.01. The number of rotatable bonds is 5. The van der Waals surface area contributed by atoms with Crippen molar-refractivity contribution >= 4 is 23.2 Å². The predicted molar refractivity (Wildman–Crippen MR) is 118 cm³/mol. The minimum Gasteiger partial charge on any atom is -0.507 e. The summed E-state index contributed by atoms with van der Waals surface area (Å²) < 4.78 is 16.3. The van der Waals surface area contributed by atoms with Gasteiger partial charge in [0.25, 0.3) is 0 Å². The van der Waals surface area contributed by atoms with E-state index in [4.69, 9.17) is 13.9 Å². The monoisotopic (exact) mass is 440 g/mol. The molecule has 0 saturated carbocycles. The van der Waals surface area contributed by atoms with E-state index in [1.54, 1.807) is 45.3 Å². The highest BCUT2D eigenvalue weighted by molar-refractivity contribution is 5.87. The highest BCUT2D eigenvalue weighted by Crippen LogP contribution is 2.31. The molecule has 9 nitrogen and oxygen atoms in total. The molecule has 3 rings (SSSR count). The summed E-state index contributed by atoms with van der Waals surface area (Å²) in [5, 5.41) is 10.2. The van der Waals surface area contributed by atoms with Crippen LogP contribution in [0.5, 0.6) is 17.2 Å². The largest absolute Gasteiger partial charge is 0.507 e. The summed E-state index contributed by atoms with van der Waals surface area (Å²) in [7, 11) is 3.20. The van der Waals surface area contributed by atoms with Crippen LogP contribution in [0.15, 0.2) is 51.7 Å². The van der Waals surface area contributed by atoms with Gasteiger partial charge in [-0.1, -0.05) is 0 Å². The van der Waals surface area contributed by atoms with Crippen LogP contribution in [-0.4, -0.2) is 54.3 Å². The van der Waals surface area contributed by atoms with E-state index < -0.39 is 17.6 Å². The second-order valence-electron chi connectivity index (χ2n) is 7.08. The Labute approximate surface area is 184 Å². The zero-order chi connectivity index (χ0) is 23.4. The summed E-state index contributed by atoms with van der Waals surface area (Å²) in [5.74, 6) is 0.267.